The number of hydrogen-bond donors (Lipinski definition) is 0. The summed E-state index contributed by atoms with van der Waals surface area (Å²) in [5.41, 5.74) is 5.28. The first-order chi connectivity index (χ1) is 21.4. The molecule has 0 aliphatic rings. The van der Waals surface area contributed by atoms with Gasteiger partial charge in [-0.15, -0.1) is 0 Å². The highest BCUT2D eigenvalue weighted by Gasteiger charge is 2.37. The Morgan fingerprint density at radius 1 is 0.778 bits per heavy atom. The van der Waals surface area contributed by atoms with E-state index in [1.165, 1.54) is 18.2 Å². The molecule has 0 bridgehead atoms. The molecule has 0 unspecified atom stereocenters. The molecular formula is C37H40F3NO3Si. The van der Waals surface area contributed by atoms with Crippen molar-refractivity contribution in [2.45, 2.75) is 58.5 Å². The van der Waals surface area contributed by atoms with E-state index in [1.54, 1.807) is 7.11 Å². The lowest BCUT2D eigenvalue weighted by Gasteiger charge is -2.36. The lowest BCUT2D eigenvalue weighted by molar-refractivity contribution is 0.185. The van der Waals surface area contributed by atoms with E-state index in [9.17, 15) is 8.78 Å². The number of halogens is 3. The van der Waals surface area contributed by atoms with Crippen molar-refractivity contribution in [1.29, 1.82) is 0 Å². The first-order valence-corrected chi connectivity index (χ1v) is 18.0. The number of nitrogens with zero attached hydrogens (tertiary/aromatic N) is 1. The molecule has 4 aromatic carbocycles. The summed E-state index contributed by atoms with van der Waals surface area (Å²) in [5.74, 6) is -2.08. The SMILES string of the molecule is COCc1ccc(-c2c(CCO[Si](C)(C)C(C)(C)C)n(-c3ccc(F)c(F)c3)c3cc(F)cc(OCc4ccccc4)c23)cc1. The van der Waals surface area contributed by atoms with Crippen molar-refractivity contribution in [3.8, 4) is 22.6 Å². The van der Waals surface area contributed by atoms with Gasteiger partial charge in [-0.1, -0.05) is 75.4 Å². The third-order valence-corrected chi connectivity index (χ3v) is 13.2. The number of aromatic nitrogens is 1. The maximum atomic E-state index is 15.4. The second-order valence-electron chi connectivity index (χ2n) is 12.8. The van der Waals surface area contributed by atoms with Crippen LogP contribution in [0.3, 0.4) is 0 Å². The Kier molecular flexibility index (Phi) is 9.58. The van der Waals surface area contributed by atoms with Crippen LogP contribution in [-0.2, 0) is 28.8 Å². The number of benzene rings is 4. The molecule has 45 heavy (non-hydrogen) atoms. The summed E-state index contributed by atoms with van der Waals surface area (Å²) < 4.78 is 64.4. The monoisotopic (exact) mass is 631 g/mol. The van der Waals surface area contributed by atoms with Gasteiger partial charge in [0.25, 0.3) is 0 Å². The third-order valence-electron chi connectivity index (χ3n) is 8.66. The van der Waals surface area contributed by atoms with Gasteiger partial charge in [0.05, 0.1) is 17.5 Å². The fraction of sp³-hybridized carbons (Fsp3) is 0.297. The fourth-order valence-electron chi connectivity index (χ4n) is 5.27. The predicted molar refractivity (Wildman–Crippen MR) is 177 cm³/mol. The Balaban J connectivity index is 1.76. The lowest BCUT2D eigenvalue weighted by atomic mass is 9.99. The molecule has 0 aliphatic heterocycles. The van der Waals surface area contributed by atoms with Crippen LogP contribution in [0.25, 0.3) is 27.7 Å². The van der Waals surface area contributed by atoms with Crippen LogP contribution in [-0.4, -0.2) is 26.6 Å². The minimum atomic E-state index is -2.11. The van der Waals surface area contributed by atoms with Crippen LogP contribution in [0.1, 0.15) is 37.6 Å². The van der Waals surface area contributed by atoms with Crippen molar-refractivity contribution >= 4 is 19.2 Å². The van der Waals surface area contributed by atoms with Crippen molar-refractivity contribution in [1.82, 2.24) is 4.57 Å². The molecule has 0 saturated heterocycles. The summed E-state index contributed by atoms with van der Waals surface area (Å²) in [7, 11) is -0.464. The number of methoxy groups -OCH3 is 1. The van der Waals surface area contributed by atoms with E-state index in [1.807, 2.05) is 59.2 Å². The third kappa shape index (κ3) is 7.03. The van der Waals surface area contributed by atoms with Gasteiger partial charge in [0.15, 0.2) is 20.0 Å². The molecule has 1 heterocycles. The zero-order chi connectivity index (χ0) is 32.4. The number of hydrogen-bond acceptors (Lipinski definition) is 3. The highest BCUT2D eigenvalue weighted by Crippen LogP contribution is 2.44. The molecule has 0 spiro atoms. The highest BCUT2D eigenvalue weighted by atomic mass is 28.4. The van der Waals surface area contributed by atoms with Crippen LogP contribution in [0.15, 0.2) is 84.9 Å². The van der Waals surface area contributed by atoms with Crippen LogP contribution in [0, 0.1) is 17.5 Å². The van der Waals surface area contributed by atoms with Crippen molar-refractivity contribution < 1.29 is 27.1 Å². The number of rotatable bonds is 11. The van der Waals surface area contributed by atoms with Crippen LogP contribution < -0.4 is 4.74 Å². The second kappa shape index (κ2) is 13.2. The molecule has 8 heteroatoms. The number of fused-ring (bicyclic) bond motifs is 1. The molecule has 1 aromatic heterocycles. The highest BCUT2D eigenvalue weighted by molar-refractivity contribution is 6.74. The van der Waals surface area contributed by atoms with Crippen LogP contribution in [0.5, 0.6) is 5.75 Å². The minimum Gasteiger partial charge on any atom is -0.488 e. The molecule has 4 nitrogen and oxygen atoms in total. The summed E-state index contributed by atoms with van der Waals surface area (Å²) in [5, 5.41) is 0.681. The van der Waals surface area contributed by atoms with Gasteiger partial charge in [-0.2, -0.15) is 0 Å². The van der Waals surface area contributed by atoms with Crippen molar-refractivity contribution in [2.24, 2.45) is 0 Å². The quantitative estimate of drug-likeness (QED) is 0.136. The van der Waals surface area contributed by atoms with E-state index >= 15 is 4.39 Å². The Labute approximate surface area is 264 Å². The smallest absolute Gasteiger partial charge is 0.191 e. The number of ether oxygens (including phenoxy) is 2. The van der Waals surface area contributed by atoms with Gasteiger partial charge >= 0.3 is 0 Å². The van der Waals surface area contributed by atoms with Crippen molar-refractivity contribution in [3.05, 3.63) is 119 Å². The second-order valence-corrected chi connectivity index (χ2v) is 17.6. The molecule has 0 saturated carbocycles. The molecule has 0 aliphatic carbocycles. The minimum absolute atomic E-state index is 0.00137. The topological polar surface area (TPSA) is 32.6 Å². The Bertz CT molecular complexity index is 1780. The van der Waals surface area contributed by atoms with Gasteiger partial charge in [0, 0.05) is 49.2 Å². The first kappa shape index (κ1) is 32.5. The molecule has 0 radical (unpaired) electrons. The van der Waals surface area contributed by atoms with Crippen LogP contribution >= 0.6 is 0 Å². The summed E-state index contributed by atoms with van der Waals surface area (Å²) in [6.45, 7) is 12.0. The summed E-state index contributed by atoms with van der Waals surface area (Å²) >= 11 is 0. The molecule has 0 fully saturated rings. The van der Waals surface area contributed by atoms with Gasteiger partial charge < -0.3 is 18.5 Å². The van der Waals surface area contributed by atoms with Gasteiger partial charge in [-0.3, -0.25) is 0 Å². The van der Waals surface area contributed by atoms with Gasteiger partial charge in [0.1, 0.15) is 18.2 Å². The van der Waals surface area contributed by atoms with Crippen LogP contribution in [0.4, 0.5) is 13.2 Å². The standard InChI is InChI=1S/C37H40F3NO3Si/c1-37(2,3)45(5,6)44-19-18-32-35(27-14-12-26(13-15-27)23-42-4)36-33(41(32)29-16-17-30(39)31(40)22-29)20-28(38)21-34(36)43-24-25-10-8-7-9-11-25/h7-17,20-22H,18-19,23-24H2,1-6H3. The van der Waals surface area contributed by atoms with Gasteiger partial charge in [-0.05, 0) is 53.0 Å². The van der Waals surface area contributed by atoms with Gasteiger partial charge in [0.2, 0.25) is 0 Å². The zero-order valence-electron chi connectivity index (χ0n) is 26.7. The van der Waals surface area contributed by atoms with E-state index in [2.05, 4.69) is 33.9 Å². The van der Waals surface area contributed by atoms with Gasteiger partial charge in [-0.25, -0.2) is 13.2 Å². The zero-order valence-corrected chi connectivity index (χ0v) is 27.7. The van der Waals surface area contributed by atoms with E-state index in [0.29, 0.717) is 42.0 Å². The molecule has 5 aromatic rings. The van der Waals surface area contributed by atoms with Crippen molar-refractivity contribution in [3.63, 3.8) is 0 Å². The lowest BCUT2D eigenvalue weighted by Crippen LogP contribution is -2.41. The maximum absolute atomic E-state index is 15.4. The summed E-state index contributed by atoms with van der Waals surface area (Å²) in [4.78, 5) is 0. The summed E-state index contributed by atoms with van der Waals surface area (Å²) in [6.07, 6.45) is 0.440. The average Bonchev–Trinajstić information content (AvgIpc) is 3.31. The van der Waals surface area contributed by atoms with E-state index < -0.39 is 25.8 Å². The maximum Gasteiger partial charge on any atom is 0.191 e. The first-order valence-electron chi connectivity index (χ1n) is 15.1. The fourth-order valence-corrected chi connectivity index (χ4v) is 6.31. The van der Waals surface area contributed by atoms with E-state index in [4.69, 9.17) is 13.9 Å². The van der Waals surface area contributed by atoms with E-state index in [-0.39, 0.29) is 11.6 Å². The Morgan fingerprint density at radius 3 is 2.11 bits per heavy atom. The molecule has 0 atom stereocenters. The average molecular weight is 632 g/mol. The van der Waals surface area contributed by atoms with Crippen molar-refractivity contribution in [2.75, 3.05) is 13.7 Å². The largest absolute Gasteiger partial charge is 0.488 e. The Hall–Kier alpha value is -3.85. The summed E-state index contributed by atoms with van der Waals surface area (Å²) in [6, 6.07) is 24.2. The molecule has 0 amide bonds. The molecule has 236 valence electrons. The Morgan fingerprint density at radius 2 is 1.47 bits per heavy atom. The molecule has 0 N–H and O–H groups in total. The predicted octanol–water partition coefficient (Wildman–Crippen LogP) is 10.0. The molecule has 5 rings (SSSR count). The normalized spacial score (nSPS) is 12.2. The van der Waals surface area contributed by atoms with Crippen LogP contribution in [0.2, 0.25) is 18.1 Å². The molecular weight excluding hydrogens is 591 g/mol. The van der Waals surface area contributed by atoms with E-state index in [0.717, 1.165) is 40.1 Å².